The van der Waals surface area contributed by atoms with Crippen LogP contribution >= 0.6 is 0 Å². The van der Waals surface area contributed by atoms with Crippen LogP contribution in [0, 0.1) is 11.6 Å². The zero-order chi connectivity index (χ0) is 21.0. The second-order valence-electron chi connectivity index (χ2n) is 7.05. The second kappa shape index (κ2) is 8.94. The summed E-state index contributed by atoms with van der Waals surface area (Å²) in [6.07, 6.45) is 2.94. The van der Waals surface area contributed by atoms with Crippen molar-refractivity contribution in [3.8, 4) is 0 Å². The molecule has 0 fully saturated rings. The summed E-state index contributed by atoms with van der Waals surface area (Å²) in [6, 6.07) is 7.43. The normalized spacial score (nSPS) is 13.5. The van der Waals surface area contributed by atoms with Crippen LogP contribution in [-0.4, -0.2) is 24.6 Å². The molecule has 0 bridgehead atoms. The van der Waals surface area contributed by atoms with Gasteiger partial charge >= 0.3 is 0 Å². The molecule has 2 amide bonds. The van der Waals surface area contributed by atoms with E-state index in [4.69, 9.17) is 0 Å². The lowest BCUT2D eigenvalue weighted by Gasteiger charge is -2.18. The number of amides is 2. The number of carbonyl (C=O) groups is 3. The molecule has 1 aliphatic rings. The van der Waals surface area contributed by atoms with Gasteiger partial charge in [0.15, 0.2) is 17.4 Å². The fourth-order valence-corrected chi connectivity index (χ4v) is 3.49. The lowest BCUT2D eigenvalue weighted by molar-refractivity contribution is -0.128. The van der Waals surface area contributed by atoms with Crippen LogP contribution in [0.5, 0.6) is 0 Å². The zero-order valence-corrected chi connectivity index (χ0v) is 16.1. The van der Waals surface area contributed by atoms with Crippen molar-refractivity contribution in [3.63, 3.8) is 0 Å². The molecule has 0 aliphatic heterocycles. The Kier molecular flexibility index (Phi) is 6.36. The van der Waals surface area contributed by atoms with Gasteiger partial charge in [-0.05, 0) is 54.2 Å². The van der Waals surface area contributed by atoms with Crippen molar-refractivity contribution in [2.75, 3.05) is 7.05 Å². The highest BCUT2D eigenvalue weighted by Crippen LogP contribution is 2.23. The van der Waals surface area contributed by atoms with Crippen molar-refractivity contribution in [3.05, 3.63) is 70.3 Å². The topological polar surface area (TPSA) is 75.3 Å². The molecule has 0 saturated heterocycles. The van der Waals surface area contributed by atoms with Crippen molar-refractivity contribution < 1.29 is 23.2 Å². The molecule has 2 aromatic carbocycles. The number of likely N-dealkylation sites (N-methyl/N-ethyl adjacent to an activating group) is 1. The maximum atomic E-state index is 13.5. The molecule has 7 heteroatoms. The molecule has 1 unspecified atom stereocenters. The van der Waals surface area contributed by atoms with Gasteiger partial charge in [-0.3, -0.25) is 14.4 Å². The molecule has 1 atom stereocenters. The number of hydrogen-bond donors (Lipinski definition) is 2. The molecule has 0 radical (unpaired) electrons. The second-order valence-corrected chi connectivity index (χ2v) is 7.05. The molecule has 0 saturated carbocycles. The summed E-state index contributed by atoms with van der Waals surface area (Å²) in [7, 11) is 1.37. The molecule has 2 N–H and O–H groups in total. The average molecular weight is 400 g/mol. The van der Waals surface area contributed by atoms with Gasteiger partial charge in [0.25, 0.3) is 0 Å². The lowest BCUT2D eigenvalue weighted by Crippen LogP contribution is -2.39. The van der Waals surface area contributed by atoms with Gasteiger partial charge in [0.2, 0.25) is 11.8 Å². The molecular formula is C22H22F2N2O3. The average Bonchev–Trinajstić information content (AvgIpc) is 3.19. The molecule has 5 nitrogen and oxygen atoms in total. The highest BCUT2D eigenvalue weighted by atomic mass is 19.2. The molecule has 0 spiro atoms. The molecule has 3 rings (SSSR count). The van der Waals surface area contributed by atoms with Crippen LogP contribution in [0.25, 0.3) is 0 Å². The highest BCUT2D eigenvalue weighted by Gasteiger charge is 2.23. The maximum absolute atomic E-state index is 13.5. The highest BCUT2D eigenvalue weighted by molar-refractivity contribution is 5.98. The van der Waals surface area contributed by atoms with Crippen molar-refractivity contribution in [2.45, 2.75) is 38.1 Å². The van der Waals surface area contributed by atoms with E-state index in [2.05, 4.69) is 10.6 Å². The van der Waals surface area contributed by atoms with E-state index >= 15 is 0 Å². The van der Waals surface area contributed by atoms with Gasteiger partial charge in [0.1, 0.15) is 6.04 Å². The van der Waals surface area contributed by atoms with E-state index in [0.717, 1.165) is 31.4 Å². The van der Waals surface area contributed by atoms with Gasteiger partial charge in [-0.1, -0.05) is 18.2 Å². The first-order chi connectivity index (χ1) is 13.9. The number of rotatable bonds is 7. The number of nitrogens with one attached hydrogen (secondary N) is 2. The first-order valence-corrected chi connectivity index (χ1v) is 9.50. The summed E-state index contributed by atoms with van der Waals surface area (Å²) in [4.78, 5) is 36.8. The van der Waals surface area contributed by atoms with Crippen molar-refractivity contribution in [1.29, 1.82) is 0 Å². The van der Waals surface area contributed by atoms with E-state index in [9.17, 15) is 23.2 Å². The third-order valence-corrected chi connectivity index (χ3v) is 5.09. The van der Waals surface area contributed by atoms with E-state index in [1.807, 2.05) is 12.1 Å². The molecule has 0 aromatic heterocycles. The van der Waals surface area contributed by atoms with E-state index in [0.29, 0.717) is 5.56 Å². The molecule has 29 heavy (non-hydrogen) atoms. The Morgan fingerprint density at radius 2 is 1.72 bits per heavy atom. The number of halogens is 2. The fourth-order valence-electron chi connectivity index (χ4n) is 3.49. The number of benzene rings is 2. The fraction of sp³-hybridized carbons (Fsp3) is 0.318. The van der Waals surface area contributed by atoms with E-state index in [1.165, 1.54) is 24.2 Å². The third kappa shape index (κ3) is 4.85. The Labute approximate surface area is 167 Å². The van der Waals surface area contributed by atoms with Crippen LogP contribution in [0.2, 0.25) is 0 Å². The van der Waals surface area contributed by atoms with Crippen LogP contribution in [0.4, 0.5) is 8.78 Å². The largest absolute Gasteiger partial charge is 0.357 e. The maximum Gasteiger partial charge on any atom is 0.246 e. The van der Waals surface area contributed by atoms with E-state index in [1.54, 1.807) is 6.07 Å². The van der Waals surface area contributed by atoms with Gasteiger partial charge in [-0.25, -0.2) is 8.78 Å². The minimum absolute atomic E-state index is 0.0110. The Balaban J connectivity index is 1.63. The first-order valence-electron chi connectivity index (χ1n) is 9.50. The summed E-state index contributed by atoms with van der Waals surface area (Å²) >= 11 is 0. The number of fused-ring (bicyclic) bond motifs is 1. The van der Waals surface area contributed by atoms with Gasteiger partial charge in [-0.15, -0.1) is 0 Å². The minimum atomic E-state index is -1.18. The zero-order valence-electron chi connectivity index (χ0n) is 16.1. The predicted octanol–water partition coefficient (Wildman–Crippen LogP) is 3.02. The summed E-state index contributed by atoms with van der Waals surface area (Å²) in [5.74, 6) is -3.42. The minimum Gasteiger partial charge on any atom is -0.357 e. The van der Waals surface area contributed by atoms with Crippen LogP contribution < -0.4 is 10.6 Å². The third-order valence-electron chi connectivity index (χ3n) is 5.09. The smallest absolute Gasteiger partial charge is 0.246 e. The van der Waals surface area contributed by atoms with Crippen LogP contribution in [0.3, 0.4) is 0 Å². The van der Waals surface area contributed by atoms with E-state index in [-0.39, 0.29) is 24.2 Å². The Morgan fingerprint density at radius 1 is 0.966 bits per heavy atom. The molecule has 1 aliphatic carbocycles. The van der Waals surface area contributed by atoms with Crippen molar-refractivity contribution in [1.82, 2.24) is 10.6 Å². The van der Waals surface area contributed by atoms with Gasteiger partial charge < -0.3 is 10.6 Å². The summed E-state index contributed by atoms with van der Waals surface area (Å²) < 4.78 is 26.7. The van der Waals surface area contributed by atoms with E-state index < -0.39 is 29.5 Å². The molecular weight excluding hydrogens is 378 g/mol. The predicted molar refractivity (Wildman–Crippen MR) is 103 cm³/mol. The summed E-state index contributed by atoms with van der Waals surface area (Å²) in [6.45, 7) is 0. The van der Waals surface area contributed by atoms with Crippen molar-refractivity contribution >= 4 is 17.6 Å². The number of carbonyl (C=O) groups excluding carboxylic acids is 3. The van der Waals surface area contributed by atoms with Crippen LogP contribution in [-0.2, 0) is 22.4 Å². The monoisotopic (exact) mass is 400 g/mol. The standard InChI is InChI=1S/C22H22F2N2O3/c1-25-22(29)21(16-7-8-17(23)18(24)12-16)26-20(28)10-9-19(27)15-6-5-13-3-2-4-14(13)11-15/h5-8,11-12,21H,2-4,9-10H2,1H3,(H,25,29)(H,26,28). The van der Waals surface area contributed by atoms with Crippen LogP contribution in [0.1, 0.15) is 52.4 Å². The first kappa shape index (κ1) is 20.6. The SMILES string of the molecule is CNC(=O)C(NC(=O)CCC(=O)c1ccc2c(c1)CCC2)c1ccc(F)c(F)c1. The summed E-state index contributed by atoms with van der Waals surface area (Å²) in [5, 5.41) is 4.87. The van der Waals surface area contributed by atoms with Gasteiger partial charge in [-0.2, -0.15) is 0 Å². The number of Topliss-reactive ketones (excluding diaryl/α,β-unsaturated/α-hetero) is 1. The Bertz CT molecular complexity index is 959. The number of hydrogen-bond acceptors (Lipinski definition) is 3. The van der Waals surface area contributed by atoms with Crippen LogP contribution in [0.15, 0.2) is 36.4 Å². The molecule has 2 aromatic rings. The number of ketones is 1. The lowest BCUT2D eigenvalue weighted by atomic mass is 10.0. The Morgan fingerprint density at radius 3 is 2.45 bits per heavy atom. The van der Waals surface area contributed by atoms with Gasteiger partial charge in [0.05, 0.1) is 0 Å². The molecule has 152 valence electrons. The Hall–Kier alpha value is -3.09. The summed E-state index contributed by atoms with van der Waals surface area (Å²) in [5.41, 5.74) is 3.13. The van der Waals surface area contributed by atoms with Gasteiger partial charge in [0, 0.05) is 25.5 Å². The van der Waals surface area contributed by atoms with Crippen molar-refractivity contribution in [2.24, 2.45) is 0 Å². The molecule has 0 heterocycles. The quantitative estimate of drug-likeness (QED) is 0.702. The number of aryl methyl sites for hydroxylation is 2.